The Bertz CT molecular complexity index is 718. The van der Waals surface area contributed by atoms with Crippen LogP contribution in [0.5, 0.6) is 0 Å². The highest BCUT2D eigenvalue weighted by Gasteiger charge is 2.24. The monoisotopic (exact) mass is 329 g/mol. The lowest BCUT2D eigenvalue weighted by Crippen LogP contribution is -2.38. The average molecular weight is 329 g/mol. The number of likely N-dealkylation sites (tertiary alicyclic amines) is 1. The topological polar surface area (TPSA) is 54.3 Å². The smallest absolute Gasteiger partial charge is 0.254 e. The second-order valence-corrected chi connectivity index (χ2v) is 7.19. The molecule has 1 fully saturated rings. The number of fused-ring (bicyclic) bond motifs is 1. The van der Waals surface area contributed by atoms with Crippen molar-refractivity contribution in [2.24, 2.45) is 7.05 Å². The summed E-state index contributed by atoms with van der Waals surface area (Å²) in [5.74, 6) is -0.0589. The Morgan fingerprint density at radius 1 is 1.29 bits per heavy atom. The van der Waals surface area contributed by atoms with E-state index >= 15 is 0 Å². The fourth-order valence-corrected chi connectivity index (χ4v) is 3.72. The zero-order chi connectivity index (χ0) is 17.3. The van der Waals surface area contributed by atoms with E-state index < -0.39 is 0 Å². The first-order valence-electron chi connectivity index (χ1n) is 8.91. The van der Waals surface area contributed by atoms with E-state index in [4.69, 9.17) is 0 Å². The molecular weight excluding hydrogens is 302 g/mol. The maximum absolute atomic E-state index is 12.8. The molecule has 1 atom stereocenters. The van der Waals surface area contributed by atoms with Crippen LogP contribution in [0.2, 0.25) is 0 Å². The molecule has 0 bridgehead atoms. The summed E-state index contributed by atoms with van der Waals surface area (Å²) < 4.78 is 1.52. The van der Waals surface area contributed by atoms with Crippen LogP contribution < -0.4 is 10.9 Å². The molecule has 1 amide bonds. The fourth-order valence-electron chi connectivity index (χ4n) is 3.72. The van der Waals surface area contributed by atoms with Gasteiger partial charge in [0.25, 0.3) is 11.5 Å². The minimum absolute atomic E-state index is 0.00593. The Labute approximate surface area is 143 Å². The lowest BCUT2D eigenvalue weighted by Gasteiger charge is -2.24. The molecule has 1 aliphatic heterocycles. The van der Waals surface area contributed by atoms with Crippen LogP contribution >= 0.6 is 0 Å². The summed E-state index contributed by atoms with van der Waals surface area (Å²) >= 11 is 0. The Morgan fingerprint density at radius 3 is 2.83 bits per heavy atom. The SMILES string of the molecule is CC(C)N1CCCC(NC(=O)c2cn(C)c(=O)c3c2C=CC3)CC1. The first-order valence-corrected chi connectivity index (χ1v) is 8.91. The van der Waals surface area contributed by atoms with Crippen LogP contribution in [0, 0.1) is 0 Å². The number of amides is 1. The van der Waals surface area contributed by atoms with Gasteiger partial charge >= 0.3 is 0 Å². The number of pyridine rings is 1. The van der Waals surface area contributed by atoms with Crippen LogP contribution in [0.15, 0.2) is 17.1 Å². The number of hydrogen-bond donors (Lipinski definition) is 1. The number of hydrogen-bond acceptors (Lipinski definition) is 3. The van der Waals surface area contributed by atoms with Crippen molar-refractivity contribution < 1.29 is 4.79 Å². The Hall–Kier alpha value is -1.88. The van der Waals surface area contributed by atoms with Gasteiger partial charge in [-0.25, -0.2) is 0 Å². The first kappa shape index (κ1) is 17.0. The van der Waals surface area contributed by atoms with E-state index in [1.54, 1.807) is 13.2 Å². The van der Waals surface area contributed by atoms with Gasteiger partial charge in [0.15, 0.2) is 0 Å². The zero-order valence-corrected chi connectivity index (χ0v) is 14.8. The zero-order valence-electron chi connectivity index (χ0n) is 14.8. The number of aromatic nitrogens is 1. The van der Waals surface area contributed by atoms with Crippen molar-refractivity contribution in [1.82, 2.24) is 14.8 Å². The van der Waals surface area contributed by atoms with Crippen molar-refractivity contribution in [3.63, 3.8) is 0 Å². The summed E-state index contributed by atoms with van der Waals surface area (Å²) in [5, 5.41) is 3.20. The summed E-state index contributed by atoms with van der Waals surface area (Å²) in [4.78, 5) is 27.4. The van der Waals surface area contributed by atoms with E-state index in [2.05, 4.69) is 24.1 Å². The highest BCUT2D eigenvalue weighted by Crippen LogP contribution is 2.21. The average Bonchev–Trinajstić information content (AvgIpc) is 2.91. The van der Waals surface area contributed by atoms with E-state index in [-0.39, 0.29) is 17.5 Å². The van der Waals surface area contributed by atoms with Crippen molar-refractivity contribution in [2.75, 3.05) is 13.1 Å². The quantitative estimate of drug-likeness (QED) is 0.922. The van der Waals surface area contributed by atoms with Crippen molar-refractivity contribution in [3.05, 3.63) is 39.3 Å². The van der Waals surface area contributed by atoms with Crippen molar-refractivity contribution >= 4 is 12.0 Å². The molecular formula is C19H27N3O2. The van der Waals surface area contributed by atoms with E-state index in [1.807, 2.05) is 12.2 Å². The molecule has 0 aromatic carbocycles. The summed E-state index contributed by atoms with van der Waals surface area (Å²) in [5.41, 5.74) is 2.14. The number of carbonyl (C=O) groups is 1. The highest BCUT2D eigenvalue weighted by atomic mass is 16.2. The fraction of sp³-hybridized carbons (Fsp3) is 0.579. The Balaban J connectivity index is 1.74. The predicted octanol–water partition coefficient (Wildman–Crippen LogP) is 1.95. The predicted molar refractivity (Wildman–Crippen MR) is 96.2 cm³/mol. The first-order chi connectivity index (χ1) is 11.5. The van der Waals surface area contributed by atoms with Gasteiger partial charge in [-0.15, -0.1) is 0 Å². The molecule has 1 N–H and O–H groups in total. The van der Waals surface area contributed by atoms with Crippen LogP contribution in [-0.4, -0.2) is 40.5 Å². The molecule has 1 aliphatic carbocycles. The second-order valence-electron chi connectivity index (χ2n) is 7.19. The van der Waals surface area contributed by atoms with E-state index in [0.717, 1.165) is 43.5 Å². The molecule has 0 radical (unpaired) electrons. The second kappa shape index (κ2) is 6.93. The molecule has 3 rings (SSSR count). The van der Waals surface area contributed by atoms with Crippen LogP contribution in [0.25, 0.3) is 6.08 Å². The summed E-state index contributed by atoms with van der Waals surface area (Å²) in [7, 11) is 1.71. The largest absolute Gasteiger partial charge is 0.349 e. The Morgan fingerprint density at radius 2 is 2.08 bits per heavy atom. The lowest BCUT2D eigenvalue weighted by molar-refractivity contribution is 0.0932. The molecule has 2 aliphatic rings. The van der Waals surface area contributed by atoms with Gasteiger partial charge in [0, 0.05) is 37.4 Å². The number of allylic oxidation sites excluding steroid dienone is 1. The van der Waals surface area contributed by atoms with Crippen molar-refractivity contribution in [3.8, 4) is 0 Å². The van der Waals surface area contributed by atoms with E-state index in [9.17, 15) is 9.59 Å². The van der Waals surface area contributed by atoms with Gasteiger partial charge in [-0.3, -0.25) is 9.59 Å². The van der Waals surface area contributed by atoms with E-state index in [1.165, 1.54) is 4.57 Å². The van der Waals surface area contributed by atoms with Crippen molar-refractivity contribution in [2.45, 2.75) is 51.6 Å². The van der Waals surface area contributed by atoms with Crippen LogP contribution in [-0.2, 0) is 13.5 Å². The van der Waals surface area contributed by atoms with Gasteiger partial charge in [0.2, 0.25) is 0 Å². The minimum atomic E-state index is -0.0589. The summed E-state index contributed by atoms with van der Waals surface area (Å²) in [6.07, 6.45) is 9.24. The molecule has 1 aromatic heterocycles. The van der Waals surface area contributed by atoms with Gasteiger partial charge < -0.3 is 14.8 Å². The molecule has 24 heavy (non-hydrogen) atoms. The van der Waals surface area contributed by atoms with E-state index in [0.29, 0.717) is 18.0 Å². The van der Waals surface area contributed by atoms with Gasteiger partial charge in [-0.05, 0) is 51.6 Å². The number of aryl methyl sites for hydroxylation is 1. The number of nitrogens with zero attached hydrogens (tertiary/aromatic N) is 2. The molecule has 0 saturated carbocycles. The molecule has 1 aromatic rings. The molecule has 5 heteroatoms. The van der Waals surface area contributed by atoms with Crippen molar-refractivity contribution in [1.29, 1.82) is 0 Å². The van der Waals surface area contributed by atoms with Gasteiger partial charge in [-0.1, -0.05) is 12.2 Å². The maximum Gasteiger partial charge on any atom is 0.254 e. The molecule has 1 saturated heterocycles. The molecule has 130 valence electrons. The number of nitrogens with one attached hydrogen (secondary N) is 1. The minimum Gasteiger partial charge on any atom is -0.349 e. The molecule has 2 heterocycles. The van der Waals surface area contributed by atoms with Gasteiger partial charge in [-0.2, -0.15) is 0 Å². The highest BCUT2D eigenvalue weighted by molar-refractivity contribution is 5.98. The van der Waals surface area contributed by atoms with Gasteiger partial charge in [0.1, 0.15) is 0 Å². The standard InChI is InChI=1S/C19H27N3O2/c1-13(2)22-10-5-6-14(9-11-22)20-18(23)17-12-21(3)19(24)16-8-4-7-15(16)17/h4,7,12-14H,5-6,8-11H2,1-3H3,(H,20,23). The van der Waals surface area contributed by atoms with Crippen LogP contribution in [0.3, 0.4) is 0 Å². The molecule has 1 unspecified atom stereocenters. The molecule has 0 spiro atoms. The maximum atomic E-state index is 12.8. The molecule has 5 nitrogen and oxygen atoms in total. The number of carbonyl (C=O) groups excluding carboxylic acids is 1. The van der Waals surface area contributed by atoms with Crippen LogP contribution in [0.1, 0.15) is 54.6 Å². The normalized spacial score (nSPS) is 20.9. The Kier molecular flexibility index (Phi) is 4.90. The number of rotatable bonds is 3. The third kappa shape index (κ3) is 3.31. The van der Waals surface area contributed by atoms with Gasteiger partial charge in [0.05, 0.1) is 5.56 Å². The lowest BCUT2D eigenvalue weighted by atomic mass is 10.0. The third-order valence-electron chi connectivity index (χ3n) is 5.20. The van der Waals surface area contributed by atoms with Crippen LogP contribution in [0.4, 0.5) is 0 Å². The third-order valence-corrected chi connectivity index (χ3v) is 5.20. The summed E-state index contributed by atoms with van der Waals surface area (Å²) in [6.45, 7) is 6.56. The summed E-state index contributed by atoms with van der Waals surface area (Å²) in [6, 6.07) is 0.760.